The Labute approximate surface area is 125 Å². The first-order valence-electron chi connectivity index (χ1n) is 6.80. The number of nitrogens with two attached hydrogens (primary N) is 1. The van der Waals surface area contributed by atoms with Gasteiger partial charge in [-0.15, -0.1) is 0 Å². The highest BCUT2D eigenvalue weighted by Gasteiger charge is 2.04. The summed E-state index contributed by atoms with van der Waals surface area (Å²) in [5.74, 6) is 1.36. The highest BCUT2D eigenvalue weighted by molar-refractivity contribution is 6.31. The van der Waals surface area contributed by atoms with Crippen molar-refractivity contribution in [2.45, 2.75) is 32.9 Å². The fourth-order valence-electron chi connectivity index (χ4n) is 1.96. The SMILES string of the molecule is CC(C)c1cccc(OCc2ccc(CN)cc2Cl)c1. The second-order valence-corrected chi connectivity index (χ2v) is 5.55. The van der Waals surface area contributed by atoms with Gasteiger partial charge in [-0.1, -0.05) is 49.7 Å². The number of ether oxygens (including phenoxy) is 1. The van der Waals surface area contributed by atoms with Gasteiger partial charge in [0.1, 0.15) is 12.4 Å². The lowest BCUT2D eigenvalue weighted by molar-refractivity contribution is 0.306. The van der Waals surface area contributed by atoms with Gasteiger partial charge < -0.3 is 10.5 Å². The largest absolute Gasteiger partial charge is 0.489 e. The number of benzene rings is 2. The van der Waals surface area contributed by atoms with Crippen molar-refractivity contribution in [3.8, 4) is 5.75 Å². The van der Waals surface area contributed by atoms with Crippen molar-refractivity contribution in [2.75, 3.05) is 0 Å². The molecule has 0 fully saturated rings. The molecule has 0 saturated heterocycles. The van der Waals surface area contributed by atoms with Crippen molar-refractivity contribution >= 4 is 11.6 Å². The second kappa shape index (κ2) is 6.78. The van der Waals surface area contributed by atoms with Crippen LogP contribution in [0.3, 0.4) is 0 Å². The van der Waals surface area contributed by atoms with Gasteiger partial charge in [-0.25, -0.2) is 0 Å². The molecule has 0 bridgehead atoms. The number of hydrogen-bond acceptors (Lipinski definition) is 2. The van der Waals surface area contributed by atoms with Crippen LogP contribution in [0.1, 0.15) is 36.5 Å². The van der Waals surface area contributed by atoms with E-state index in [4.69, 9.17) is 22.1 Å². The minimum atomic E-state index is 0.464. The third-order valence-electron chi connectivity index (χ3n) is 3.27. The lowest BCUT2D eigenvalue weighted by Crippen LogP contribution is -2.00. The van der Waals surface area contributed by atoms with Crippen LogP contribution in [0.15, 0.2) is 42.5 Å². The molecular weight excluding hydrogens is 270 g/mol. The summed E-state index contributed by atoms with van der Waals surface area (Å²) in [5, 5.41) is 0.702. The fraction of sp³-hybridized carbons (Fsp3) is 0.294. The van der Waals surface area contributed by atoms with Crippen molar-refractivity contribution in [3.05, 3.63) is 64.2 Å². The van der Waals surface area contributed by atoms with Crippen LogP contribution >= 0.6 is 11.6 Å². The normalized spacial score (nSPS) is 10.8. The Bertz CT molecular complexity index is 581. The number of halogens is 1. The number of rotatable bonds is 5. The quantitative estimate of drug-likeness (QED) is 0.879. The van der Waals surface area contributed by atoms with Crippen LogP contribution in [-0.2, 0) is 13.2 Å². The molecule has 0 saturated carbocycles. The summed E-state index contributed by atoms with van der Waals surface area (Å²) in [6.07, 6.45) is 0. The van der Waals surface area contributed by atoms with Crippen LogP contribution in [-0.4, -0.2) is 0 Å². The molecule has 0 radical (unpaired) electrons. The van der Waals surface area contributed by atoms with Gasteiger partial charge in [0.2, 0.25) is 0 Å². The Morgan fingerprint density at radius 1 is 1.15 bits per heavy atom. The van der Waals surface area contributed by atoms with Crippen molar-refractivity contribution in [3.63, 3.8) is 0 Å². The molecule has 2 aromatic rings. The monoisotopic (exact) mass is 289 g/mol. The highest BCUT2D eigenvalue weighted by atomic mass is 35.5. The van der Waals surface area contributed by atoms with E-state index in [9.17, 15) is 0 Å². The Morgan fingerprint density at radius 3 is 2.60 bits per heavy atom. The van der Waals surface area contributed by atoms with Crippen molar-refractivity contribution in [2.24, 2.45) is 5.73 Å². The average molecular weight is 290 g/mol. The van der Waals surface area contributed by atoms with E-state index >= 15 is 0 Å². The van der Waals surface area contributed by atoms with E-state index in [-0.39, 0.29) is 0 Å². The van der Waals surface area contributed by atoms with Gasteiger partial charge in [0.25, 0.3) is 0 Å². The molecule has 3 heteroatoms. The Morgan fingerprint density at radius 2 is 1.95 bits per heavy atom. The maximum atomic E-state index is 6.22. The predicted molar refractivity (Wildman–Crippen MR) is 84.2 cm³/mol. The lowest BCUT2D eigenvalue weighted by atomic mass is 10.0. The van der Waals surface area contributed by atoms with E-state index in [1.165, 1.54) is 5.56 Å². The van der Waals surface area contributed by atoms with E-state index in [0.717, 1.165) is 16.9 Å². The molecule has 0 aromatic heterocycles. The summed E-state index contributed by atoms with van der Waals surface area (Å²) in [5.41, 5.74) is 8.86. The van der Waals surface area contributed by atoms with Crippen LogP contribution in [0.5, 0.6) is 5.75 Å². The highest BCUT2D eigenvalue weighted by Crippen LogP contribution is 2.23. The van der Waals surface area contributed by atoms with Crippen molar-refractivity contribution in [1.82, 2.24) is 0 Å². The van der Waals surface area contributed by atoms with Gasteiger partial charge >= 0.3 is 0 Å². The second-order valence-electron chi connectivity index (χ2n) is 5.15. The molecule has 0 amide bonds. The molecule has 20 heavy (non-hydrogen) atoms. The minimum absolute atomic E-state index is 0.464. The lowest BCUT2D eigenvalue weighted by Gasteiger charge is -2.11. The molecule has 2 N–H and O–H groups in total. The molecule has 0 aliphatic heterocycles. The topological polar surface area (TPSA) is 35.2 Å². The third kappa shape index (κ3) is 3.75. The van der Waals surface area contributed by atoms with Gasteiger partial charge in [-0.05, 0) is 35.2 Å². The molecule has 0 atom stereocenters. The van der Waals surface area contributed by atoms with Gasteiger partial charge in [0.15, 0.2) is 0 Å². The molecule has 2 aromatic carbocycles. The first kappa shape index (κ1) is 14.9. The Hall–Kier alpha value is -1.51. The zero-order chi connectivity index (χ0) is 14.5. The predicted octanol–water partition coefficient (Wildman–Crippen LogP) is 4.50. The Kier molecular flexibility index (Phi) is 5.05. The zero-order valence-corrected chi connectivity index (χ0v) is 12.7. The van der Waals surface area contributed by atoms with Gasteiger partial charge in [-0.3, -0.25) is 0 Å². The first-order valence-corrected chi connectivity index (χ1v) is 7.18. The van der Waals surface area contributed by atoms with Crippen LogP contribution in [0.25, 0.3) is 0 Å². The summed E-state index contributed by atoms with van der Waals surface area (Å²) in [7, 11) is 0. The fourth-order valence-corrected chi connectivity index (χ4v) is 2.22. The van der Waals surface area contributed by atoms with Crippen molar-refractivity contribution < 1.29 is 4.74 Å². The van der Waals surface area contributed by atoms with E-state index in [1.54, 1.807) is 0 Å². The molecule has 0 spiro atoms. The van der Waals surface area contributed by atoms with E-state index in [2.05, 4.69) is 26.0 Å². The van der Waals surface area contributed by atoms with E-state index in [0.29, 0.717) is 24.1 Å². The van der Waals surface area contributed by atoms with E-state index < -0.39 is 0 Å². The molecular formula is C17H20ClNO. The molecule has 0 aliphatic carbocycles. The van der Waals surface area contributed by atoms with Crippen molar-refractivity contribution in [1.29, 1.82) is 0 Å². The maximum Gasteiger partial charge on any atom is 0.120 e. The molecule has 2 rings (SSSR count). The summed E-state index contributed by atoms with van der Waals surface area (Å²) in [6, 6.07) is 14.0. The first-order chi connectivity index (χ1) is 9.60. The molecule has 106 valence electrons. The maximum absolute atomic E-state index is 6.22. The summed E-state index contributed by atoms with van der Waals surface area (Å²) >= 11 is 6.22. The zero-order valence-electron chi connectivity index (χ0n) is 11.9. The minimum Gasteiger partial charge on any atom is -0.489 e. The van der Waals surface area contributed by atoms with Gasteiger partial charge in [-0.2, -0.15) is 0 Å². The molecule has 2 nitrogen and oxygen atoms in total. The van der Waals surface area contributed by atoms with Crippen LogP contribution in [0.4, 0.5) is 0 Å². The van der Waals surface area contributed by atoms with Crippen LogP contribution in [0, 0.1) is 0 Å². The van der Waals surface area contributed by atoms with Crippen LogP contribution in [0.2, 0.25) is 5.02 Å². The van der Waals surface area contributed by atoms with Crippen LogP contribution < -0.4 is 10.5 Å². The molecule has 0 heterocycles. The summed E-state index contributed by atoms with van der Waals surface area (Å²) in [6.45, 7) is 5.30. The van der Waals surface area contributed by atoms with Gasteiger partial charge in [0.05, 0.1) is 0 Å². The third-order valence-corrected chi connectivity index (χ3v) is 3.62. The van der Waals surface area contributed by atoms with E-state index in [1.807, 2.05) is 30.3 Å². The number of hydrogen-bond donors (Lipinski definition) is 1. The molecule has 0 aliphatic rings. The summed E-state index contributed by atoms with van der Waals surface area (Å²) < 4.78 is 5.82. The average Bonchev–Trinajstić information content (AvgIpc) is 2.46. The standard InChI is InChI=1S/C17H20ClNO/c1-12(2)14-4-3-5-16(9-14)20-11-15-7-6-13(10-19)8-17(15)18/h3-9,12H,10-11,19H2,1-2H3. The van der Waals surface area contributed by atoms with Gasteiger partial charge in [0, 0.05) is 17.1 Å². The smallest absolute Gasteiger partial charge is 0.120 e. The molecule has 0 unspecified atom stereocenters. The Balaban J connectivity index is 2.07. The summed E-state index contributed by atoms with van der Waals surface area (Å²) in [4.78, 5) is 0.